The molecule has 1 aliphatic heterocycles. The molecule has 122 valence electrons. The van der Waals surface area contributed by atoms with Gasteiger partial charge in [-0.15, -0.1) is 0 Å². The van der Waals surface area contributed by atoms with Crippen LogP contribution >= 0.6 is 0 Å². The summed E-state index contributed by atoms with van der Waals surface area (Å²) in [5.74, 6) is 1.71. The number of carbonyl (C=O) groups is 1. The van der Waals surface area contributed by atoms with E-state index in [-0.39, 0.29) is 11.8 Å². The third kappa shape index (κ3) is 4.09. The van der Waals surface area contributed by atoms with Crippen LogP contribution in [0.15, 0.2) is 35.1 Å². The molecular formula is C17H22N4O2. The molecule has 1 saturated heterocycles. The smallest absolute Gasteiger partial charge is 0.225 e. The summed E-state index contributed by atoms with van der Waals surface area (Å²) in [5, 5.41) is 3.01. The third-order valence-corrected chi connectivity index (χ3v) is 4.11. The number of nitrogens with one attached hydrogen (secondary N) is 1. The average Bonchev–Trinajstić information content (AvgIpc) is 3.08. The summed E-state index contributed by atoms with van der Waals surface area (Å²) in [5.41, 5.74) is 0.944. The Morgan fingerprint density at radius 2 is 2.39 bits per heavy atom. The van der Waals surface area contributed by atoms with E-state index < -0.39 is 0 Å². The summed E-state index contributed by atoms with van der Waals surface area (Å²) >= 11 is 0. The highest BCUT2D eigenvalue weighted by atomic mass is 16.3. The third-order valence-electron chi connectivity index (χ3n) is 4.11. The second-order valence-corrected chi connectivity index (χ2v) is 5.90. The van der Waals surface area contributed by atoms with Gasteiger partial charge in [-0.1, -0.05) is 0 Å². The largest absolute Gasteiger partial charge is 0.469 e. The summed E-state index contributed by atoms with van der Waals surface area (Å²) in [6.45, 7) is 4.13. The fourth-order valence-electron chi connectivity index (χ4n) is 2.87. The monoisotopic (exact) mass is 314 g/mol. The summed E-state index contributed by atoms with van der Waals surface area (Å²) in [6, 6.07) is 5.66. The van der Waals surface area contributed by atoms with E-state index in [4.69, 9.17) is 4.42 Å². The van der Waals surface area contributed by atoms with Crippen molar-refractivity contribution in [1.29, 1.82) is 0 Å². The summed E-state index contributed by atoms with van der Waals surface area (Å²) in [4.78, 5) is 23.2. The van der Waals surface area contributed by atoms with Gasteiger partial charge in [-0.25, -0.2) is 9.97 Å². The first-order valence-corrected chi connectivity index (χ1v) is 8.07. The van der Waals surface area contributed by atoms with E-state index >= 15 is 0 Å². The van der Waals surface area contributed by atoms with Gasteiger partial charge >= 0.3 is 0 Å². The maximum absolute atomic E-state index is 12.4. The lowest BCUT2D eigenvalue weighted by Crippen LogP contribution is -2.44. The Hall–Kier alpha value is -2.37. The van der Waals surface area contributed by atoms with E-state index in [0.717, 1.165) is 43.2 Å². The Morgan fingerprint density at radius 1 is 1.48 bits per heavy atom. The van der Waals surface area contributed by atoms with Gasteiger partial charge in [0.2, 0.25) is 11.9 Å². The molecule has 0 aromatic carbocycles. The van der Waals surface area contributed by atoms with Gasteiger partial charge in [-0.05, 0) is 38.0 Å². The zero-order valence-corrected chi connectivity index (χ0v) is 13.4. The molecule has 1 amide bonds. The van der Waals surface area contributed by atoms with E-state index in [1.54, 1.807) is 12.5 Å². The van der Waals surface area contributed by atoms with Crippen LogP contribution in [0.2, 0.25) is 0 Å². The van der Waals surface area contributed by atoms with Crippen molar-refractivity contribution in [3.05, 3.63) is 42.1 Å². The zero-order chi connectivity index (χ0) is 16.1. The quantitative estimate of drug-likeness (QED) is 0.913. The molecule has 3 heterocycles. The number of aromatic nitrogens is 2. The standard InChI is InChI=1S/C17H22N4O2/c1-13-6-8-19-17(20-13)21-10-2-4-14(12-21)16(22)18-9-7-15-5-3-11-23-15/h3,5-6,8,11,14H,2,4,7,9-10,12H2,1H3,(H,18,22)/t14-/m1/s1. The summed E-state index contributed by atoms with van der Waals surface area (Å²) < 4.78 is 5.27. The summed E-state index contributed by atoms with van der Waals surface area (Å²) in [7, 11) is 0. The Bertz CT molecular complexity index is 642. The van der Waals surface area contributed by atoms with Crippen LogP contribution in [0.25, 0.3) is 0 Å². The van der Waals surface area contributed by atoms with E-state index in [1.165, 1.54) is 0 Å². The number of nitrogens with zero attached hydrogens (tertiary/aromatic N) is 3. The highest BCUT2D eigenvalue weighted by molar-refractivity contribution is 5.79. The number of rotatable bonds is 5. The Labute approximate surface area is 135 Å². The lowest BCUT2D eigenvalue weighted by molar-refractivity contribution is -0.125. The van der Waals surface area contributed by atoms with E-state index in [2.05, 4.69) is 20.2 Å². The fourth-order valence-corrected chi connectivity index (χ4v) is 2.87. The molecule has 2 aromatic heterocycles. The molecule has 1 atom stereocenters. The topological polar surface area (TPSA) is 71.3 Å². The van der Waals surface area contributed by atoms with Gasteiger partial charge < -0.3 is 14.6 Å². The second kappa shape index (κ2) is 7.26. The molecule has 2 aromatic rings. The molecule has 0 radical (unpaired) electrons. The number of carbonyl (C=O) groups excluding carboxylic acids is 1. The number of anilines is 1. The molecular weight excluding hydrogens is 292 g/mol. The van der Waals surface area contributed by atoms with Gasteiger partial charge in [-0.2, -0.15) is 0 Å². The number of hydrogen-bond donors (Lipinski definition) is 1. The number of piperidine rings is 1. The fraction of sp³-hybridized carbons (Fsp3) is 0.471. The maximum atomic E-state index is 12.4. The maximum Gasteiger partial charge on any atom is 0.225 e. The van der Waals surface area contributed by atoms with Gasteiger partial charge in [0.05, 0.1) is 12.2 Å². The first-order valence-electron chi connectivity index (χ1n) is 8.07. The van der Waals surface area contributed by atoms with Gasteiger partial charge in [-0.3, -0.25) is 4.79 Å². The van der Waals surface area contributed by atoms with Crippen LogP contribution in [-0.4, -0.2) is 35.5 Å². The predicted molar refractivity (Wildman–Crippen MR) is 87.1 cm³/mol. The molecule has 0 aliphatic carbocycles. The number of hydrogen-bond acceptors (Lipinski definition) is 5. The van der Waals surface area contributed by atoms with Crippen molar-refractivity contribution in [2.24, 2.45) is 5.92 Å². The Morgan fingerprint density at radius 3 is 3.17 bits per heavy atom. The van der Waals surface area contributed by atoms with Crippen LogP contribution < -0.4 is 10.2 Å². The van der Waals surface area contributed by atoms with Crippen molar-refractivity contribution in [2.45, 2.75) is 26.2 Å². The van der Waals surface area contributed by atoms with Gasteiger partial charge in [0, 0.05) is 37.9 Å². The van der Waals surface area contributed by atoms with Crippen LogP contribution in [0.4, 0.5) is 5.95 Å². The number of aryl methyl sites for hydroxylation is 1. The molecule has 1 N–H and O–H groups in total. The molecule has 0 saturated carbocycles. The zero-order valence-electron chi connectivity index (χ0n) is 13.4. The minimum atomic E-state index is -0.00976. The highest BCUT2D eigenvalue weighted by Gasteiger charge is 2.26. The lowest BCUT2D eigenvalue weighted by Gasteiger charge is -2.32. The molecule has 3 rings (SSSR count). The average molecular weight is 314 g/mol. The van der Waals surface area contributed by atoms with Crippen molar-refractivity contribution >= 4 is 11.9 Å². The Kier molecular flexibility index (Phi) is 4.90. The number of furan rings is 1. The lowest BCUT2D eigenvalue weighted by atomic mass is 9.97. The SMILES string of the molecule is Cc1ccnc(N2CCC[C@@H](C(=O)NCCc3ccco3)C2)n1. The highest BCUT2D eigenvalue weighted by Crippen LogP contribution is 2.20. The predicted octanol–water partition coefficient (Wildman–Crippen LogP) is 1.95. The molecule has 1 aliphatic rings. The van der Waals surface area contributed by atoms with Crippen molar-refractivity contribution in [3.8, 4) is 0 Å². The molecule has 0 bridgehead atoms. The minimum Gasteiger partial charge on any atom is -0.469 e. The molecule has 0 unspecified atom stereocenters. The number of amides is 1. The van der Waals surface area contributed by atoms with Crippen LogP contribution in [0.3, 0.4) is 0 Å². The van der Waals surface area contributed by atoms with Gasteiger partial charge in [0.25, 0.3) is 0 Å². The van der Waals surface area contributed by atoms with Crippen molar-refractivity contribution in [2.75, 3.05) is 24.5 Å². The minimum absolute atomic E-state index is 0.00976. The van der Waals surface area contributed by atoms with Crippen molar-refractivity contribution in [3.63, 3.8) is 0 Å². The first-order chi connectivity index (χ1) is 11.2. The van der Waals surface area contributed by atoms with Crippen LogP contribution in [-0.2, 0) is 11.2 Å². The Balaban J connectivity index is 1.52. The molecule has 0 spiro atoms. The summed E-state index contributed by atoms with van der Waals surface area (Å²) in [6.07, 6.45) is 6.03. The second-order valence-electron chi connectivity index (χ2n) is 5.90. The van der Waals surface area contributed by atoms with Crippen LogP contribution in [0, 0.1) is 12.8 Å². The van der Waals surface area contributed by atoms with Crippen LogP contribution in [0.1, 0.15) is 24.3 Å². The van der Waals surface area contributed by atoms with E-state index in [9.17, 15) is 4.79 Å². The van der Waals surface area contributed by atoms with E-state index in [0.29, 0.717) is 13.1 Å². The molecule has 6 nitrogen and oxygen atoms in total. The molecule has 1 fully saturated rings. The van der Waals surface area contributed by atoms with Crippen molar-refractivity contribution < 1.29 is 9.21 Å². The van der Waals surface area contributed by atoms with Gasteiger partial charge in [0.1, 0.15) is 5.76 Å². The van der Waals surface area contributed by atoms with Crippen LogP contribution in [0.5, 0.6) is 0 Å². The van der Waals surface area contributed by atoms with Gasteiger partial charge in [0.15, 0.2) is 0 Å². The molecule has 23 heavy (non-hydrogen) atoms. The normalized spacial score (nSPS) is 18.0. The van der Waals surface area contributed by atoms with E-state index in [1.807, 2.05) is 25.1 Å². The van der Waals surface area contributed by atoms with Crippen molar-refractivity contribution in [1.82, 2.24) is 15.3 Å². The molecule has 6 heteroatoms. The first kappa shape index (κ1) is 15.5.